The summed E-state index contributed by atoms with van der Waals surface area (Å²) in [6, 6.07) is 4.06. The van der Waals surface area contributed by atoms with Gasteiger partial charge in [-0.05, 0) is 39.1 Å². The van der Waals surface area contributed by atoms with Crippen LogP contribution in [0.2, 0.25) is 0 Å². The Morgan fingerprint density at radius 1 is 1.04 bits per heavy atom. The quantitative estimate of drug-likeness (QED) is 0.300. The van der Waals surface area contributed by atoms with E-state index in [0.717, 1.165) is 57.6 Å². The van der Waals surface area contributed by atoms with E-state index in [1.807, 2.05) is 18.9 Å². The van der Waals surface area contributed by atoms with Crippen molar-refractivity contribution in [3.63, 3.8) is 0 Å². The zero-order chi connectivity index (χ0) is 32.7. The third kappa shape index (κ3) is 8.10. The van der Waals surface area contributed by atoms with Crippen LogP contribution in [0, 0.1) is 0 Å². The van der Waals surface area contributed by atoms with Crippen LogP contribution in [0.4, 0.5) is 24.5 Å². The van der Waals surface area contributed by atoms with E-state index in [9.17, 15) is 22.8 Å². The summed E-state index contributed by atoms with van der Waals surface area (Å²) >= 11 is 0. The molecule has 2 N–H and O–H groups in total. The molecule has 0 aliphatic carbocycles. The summed E-state index contributed by atoms with van der Waals surface area (Å²) < 4.78 is 53.9. The van der Waals surface area contributed by atoms with E-state index >= 15 is 0 Å². The van der Waals surface area contributed by atoms with Gasteiger partial charge in [-0.25, -0.2) is 4.68 Å². The van der Waals surface area contributed by atoms with Crippen molar-refractivity contribution in [1.82, 2.24) is 35.1 Å². The zero-order valence-electron chi connectivity index (χ0n) is 25.8. The lowest BCUT2D eigenvalue weighted by molar-refractivity contribution is -0.138. The number of likely N-dealkylation sites (N-methyl/N-ethyl adjacent to an activating group) is 1. The highest BCUT2D eigenvalue weighted by molar-refractivity contribution is 6.07. The van der Waals surface area contributed by atoms with Crippen molar-refractivity contribution in [3.8, 4) is 11.4 Å². The van der Waals surface area contributed by atoms with E-state index in [4.69, 9.17) is 9.47 Å². The monoisotopic (exact) mass is 645 g/mol. The maximum Gasteiger partial charge on any atom is 0.417 e. The number of alkyl halides is 3. The molecule has 2 amide bonds. The number of benzene rings is 1. The molecule has 46 heavy (non-hydrogen) atoms. The first kappa shape index (κ1) is 33.1. The predicted molar refractivity (Wildman–Crippen MR) is 164 cm³/mol. The zero-order valence-corrected chi connectivity index (χ0v) is 25.8. The molecule has 5 rings (SSSR count). The normalized spacial score (nSPS) is 16.3. The number of piperazine rings is 1. The first-order valence-electron chi connectivity index (χ1n) is 15.2. The van der Waals surface area contributed by atoms with Gasteiger partial charge in [0, 0.05) is 64.3 Å². The van der Waals surface area contributed by atoms with Gasteiger partial charge in [-0.1, -0.05) is 5.21 Å². The SMILES string of the molecule is CCOc1cc(N2CCN(C)CC2)c(NC(=O)c2cnccc2C(F)(F)F)cc1-n1cc(C(=O)NCCCN2CCOCC2)nn1. The topological polar surface area (TPSA) is 130 Å². The number of carbonyl (C=O) groups is 2. The van der Waals surface area contributed by atoms with Crippen LogP contribution in [0.3, 0.4) is 0 Å². The highest BCUT2D eigenvalue weighted by atomic mass is 19.4. The number of anilines is 2. The Kier molecular flexibility index (Phi) is 10.7. The molecule has 0 saturated carbocycles. The highest BCUT2D eigenvalue weighted by Gasteiger charge is 2.35. The van der Waals surface area contributed by atoms with Crippen molar-refractivity contribution >= 4 is 23.2 Å². The standard InChI is InChI=1S/C30H38F3N9O4/c1-3-46-27-18-25(41-11-9-39(2)10-12-41)23(36-28(43)21-19-34-7-5-22(21)30(31,32)33)17-26(27)42-20-24(37-38-42)29(44)35-6-4-8-40-13-15-45-16-14-40/h5,7,17-20H,3-4,6,8-16H2,1-2H3,(H,35,44)(H,36,43). The number of pyridine rings is 1. The third-order valence-corrected chi connectivity index (χ3v) is 7.85. The van der Waals surface area contributed by atoms with Gasteiger partial charge < -0.3 is 29.9 Å². The van der Waals surface area contributed by atoms with Gasteiger partial charge in [0.25, 0.3) is 11.8 Å². The molecule has 4 heterocycles. The Morgan fingerprint density at radius 2 is 1.80 bits per heavy atom. The Bertz CT molecular complexity index is 1500. The third-order valence-electron chi connectivity index (χ3n) is 7.85. The molecule has 2 aliphatic heterocycles. The number of nitrogens with zero attached hydrogens (tertiary/aromatic N) is 7. The maximum absolute atomic E-state index is 13.7. The molecule has 16 heteroatoms. The summed E-state index contributed by atoms with van der Waals surface area (Å²) in [4.78, 5) is 36.4. The van der Waals surface area contributed by atoms with E-state index in [1.54, 1.807) is 12.1 Å². The molecule has 0 spiro atoms. The Labute approximate surface area is 264 Å². The number of rotatable bonds is 11. The Morgan fingerprint density at radius 3 is 2.52 bits per heavy atom. The molecule has 248 valence electrons. The number of ether oxygens (including phenoxy) is 2. The molecular weight excluding hydrogens is 607 g/mol. The van der Waals surface area contributed by atoms with Crippen LogP contribution in [0.1, 0.15) is 39.8 Å². The summed E-state index contributed by atoms with van der Waals surface area (Å²) in [6.45, 7) is 9.28. The van der Waals surface area contributed by atoms with Crippen molar-refractivity contribution in [2.24, 2.45) is 0 Å². The molecule has 3 aromatic rings. The maximum atomic E-state index is 13.7. The summed E-state index contributed by atoms with van der Waals surface area (Å²) in [5.41, 5.74) is -0.463. The van der Waals surface area contributed by atoms with E-state index in [0.29, 0.717) is 56.6 Å². The van der Waals surface area contributed by atoms with Crippen molar-refractivity contribution in [2.45, 2.75) is 19.5 Å². The van der Waals surface area contributed by atoms with E-state index < -0.39 is 29.1 Å². The van der Waals surface area contributed by atoms with Crippen LogP contribution in [0.5, 0.6) is 5.75 Å². The molecule has 2 saturated heterocycles. The molecule has 0 bridgehead atoms. The van der Waals surface area contributed by atoms with Crippen molar-refractivity contribution in [3.05, 3.63) is 53.6 Å². The summed E-state index contributed by atoms with van der Waals surface area (Å²) in [5.74, 6) is -0.971. The van der Waals surface area contributed by atoms with Gasteiger partial charge in [0.1, 0.15) is 11.4 Å². The number of morpholine rings is 1. The van der Waals surface area contributed by atoms with Gasteiger partial charge in [-0.2, -0.15) is 13.2 Å². The molecule has 2 aliphatic rings. The number of amides is 2. The fourth-order valence-electron chi connectivity index (χ4n) is 5.33. The van der Waals surface area contributed by atoms with Gasteiger partial charge >= 0.3 is 6.18 Å². The number of carbonyl (C=O) groups excluding carboxylic acids is 2. The molecule has 0 radical (unpaired) electrons. The van der Waals surface area contributed by atoms with Crippen molar-refractivity contribution < 1.29 is 32.2 Å². The van der Waals surface area contributed by atoms with E-state index in [2.05, 4.69) is 35.7 Å². The minimum atomic E-state index is -4.75. The molecule has 13 nitrogen and oxygen atoms in total. The fraction of sp³-hybridized carbons (Fsp3) is 0.500. The number of aromatic nitrogens is 4. The van der Waals surface area contributed by atoms with Crippen molar-refractivity contribution in [1.29, 1.82) is 0 Å². The molecule has 0 atom stereocenters. The first-order chi connectivity index (χ1) is 22.1. The minimum absolute atomic E-state index is 0.0766. The van der Waals surface area contributed by atoms with Gasteiger partial charge in [-0.15, -0.1) is 5.10 Å². The van der Waals surface area contributed by atoms with Gasteiger partial charge in [-0.3, -0.25) is 19.5 Å². The van der Waals surface area contributed by atoms with Crippen LogP contribution >= 0.6 is 0 Å². The van der Waals surface area contributed by atoms with Gasteiger partial charge in [0.05, 0.1) is 48.5 Å². The smallest absolute Gasteiger partial charge is 0.417 e. The van der Waals surface area contributed by atoms with Crippen LogP contribution in [-0.4, -0.2) is 121 Å². The second kappa shape index (κ2) is 14.9. The van der Waals surface area contributed by atoms with Crippen LogP contribution < -0.4 is 20.3 Å². The van der Waals surface area contributed by atoms with Gasteiger partial charge in [0.2, 0.25) is 0 Å². The van der Waals surface area contributed by atoms with E-state index in [-0.39, 0.29) is 11.4 Å². The van der Waals surface area contributed by atoms with Crippen LogP contribution in [-0.2, 0) is 10.9 Å². The molecule has 2 fully saturated rings. The summed E-state index contributed by atoms with van der Waals surface area (Å²) in [6.07, 6.45) is -0.656. The fourth-order valence-corrected chi connectivity index (χ4v) is 5.33. The lowest BCUT2D eigenvalue weighted by Crippen LogP contribution is -2.44. The second-order valence-electron chi connectivity index (χ2n) is 11.0. The van der Waals surface area contributed by atoms with Gasteiger partial charge in [0.15, 0.2) is 5.69 Å². The van der Waals surface area contributed by atoms with Crippen molar-refractivity contribution in [2.75, 3.05) is 89.4 Å². The lowest BCUT2D eigenvalue weighted by Gasteiger charge is -2.35. The molecule has 1 aromatic carbocycles. The second-order valence-corrected chi connectivity index (χ2v) is 11.0. The number of nitrogens with one attached hydrogen (secondary N) is 2. The van der Waals surface area contributed by atoms with E-state index in [1.165, 1.54) is 10.9 Å². The molecular formula is C30H38F3N9O4. The highest BCUT2D eigenvalue weighted by Crippen LogP contribution is 2.38. The largest absolute Gasteiger partial charge is 0.492 e. The van der Waals surface area contributed by atoms with Crippen LogP contribution in [0.15, 0.2) is 36.8 Å². The Balaban J connectivity index is 1.41. The number of hydrogen-bond acceptors (Lipinski definition) is 10. The number of hydrogen-bond donors (Lipinski definition) is 2. The lowest BCUT2D eigenvalue weighted by atomic mass is 10.1. The number of halogens is 3. The Hall–Kier alpha value is -4.28. The average Bonchev–Trinajstić information content (AvgIpc) is 3.55. The average molecular weight is 646 g/mol. The van der Waals surface area contributed by atoms with Crippen LogP contribution in [0.25, 0.3) is 5.69 Å². The predicted octanol–water partition coefficient (Wildman–Crippen LogP) is 2.54. The molecule has 0 unspecified atom stereocenters. The first-order valence-corrected chi connectivity index (χ1v) is 15.2. The molecule has 2 aromatic heterocycles. The summed E-state index contributed by atoms with van der Waals surface area (Å²) in [5, 5.41) is 13.7. The summed E-state index contributed by atoms with van der Waals surface area (Å²) in [7, 11) is 2.00. The minimum Gasteiger partial charge on any atom is -0.492 e.